The zero-order chi connectivity index (χ0) is 77.4. The molecular formula is C87H146O17P2. The third kappa shape index (κ3) is 77.1. The normalized spacial score (nSPS) is 14.6. The number of carbonyl (C=O) groups excluding carboxylic acids is 4. The Morgan fingerprint density at radius 2 is 0.491 bits per heavy atom. The van der Waals surface area contributed by atoms with Crippen molar-refractivity contribution in [1.82, 2.24) is 0 Å². The zero-order valence-corrected chi connectivity index (χ0v) is 68.1. The summed E-state index contributed by atoms with van der Waals surface area (Å²) < 4.78 is 68.7. The predicted molar refractivity (Wildman–Crippen MR) is 436 cm³/mol. The third-order valence-electron chi connectivity index (χ3n) is 16.8. The highest BCUT2D eigenvalue weighted by Gasteiger charge is 2.30. The van der Waals surface area contributed by atoms with Crippen molar-refractivity contribution >= 4 is 39.5 Å². The number of hydrogen-bond donors (Lipinski definition) is 3. The van der Waals surface area contributed by atoms with Crippen molar-refractivity contribution in [3.63, 3.8) is 0 Å². The molecule has 5 atom stereocenters. The first-order chi connectivity index (χ1) is 51.7. The summed E-state index contributed by atoms with van der Waals surface area (Å²) >= 11 is 0. The summed E-state index contributed by atoms with van der Waals surface area (Å²) in [7, 11) is -9.98. The van der Waals surface area contributed by atoms with Gasteiger partial charge in [0.25, 0.3) is 0 Å². The van der Waals surface area contributed by atoms with E-state index in [0.29, 0.717) is 25.7 Å². The molecule has 0 fully saturated rings. The van der Waals surface area contributed by atoms with Crippen LogP contribution in [-0.4, -0.2) is 96.7 Å². The van der Waals surface area contributed by atoms with Gasteiger partial charge in [0.2, 0.25) is 0 Å². The second kappa shape index (κ2) is 78.1. The van der Waals surface area contributed by atoms with Gasteiger partial charge in [0, 0.05) is 25.7 Å². The maximum absolute atomic E-state index is 13.1. The van der Waals surface area contributed by atoms with Gasteiger partial charge in [-0.1, -0.05) is 302 Å². The topological polar surface area (TPSA) is 237 Å². The molecule has 0 aliphatic rings. The van der Waals surface area contributed by atoms with Gasteiger partial charge in [0.1, 0.15) is 19.3 Å². The average molecular weight is 1530 g/mol. The van der Waals surface area contributed by atoms with Gasteiger partial charge < -0.3 is 33.8 Å². The summed E-state index contributed by atoms with van der Waals surface area (Å²) in [5, 5.41) is 10.7. The van der Waals surface area contributed by atoms with Crippen molar-refractivity contribution < 1.29 is 80.2 Å². The number of esters is 4. The summed E-state index contributed by atoms with van der Waals surface area (Å²) in [5.74, 6) is -2.24. The van der Waals surface area contributed by atoms with Gasteiger partial charge in [0.05, 0.1) is 26.4 Å². The first kappa shape index (κ1) is 101. The van der Waals surface area contributed by atoms with E-state index in [0.717, 1.165) is 193 Å². The summed E-state index contributed by atoms with van der Waals surface area (Å²) in [6.07, 6.45) is 89.6. The van der Waals surface area contributed by atoms with Crippen LogP contribution in [0, 0.1) is 0 Å². The fourth-order valence-corrected chi connectivity index (χ4v) is 12.2. The van der Waals surface area contributed by atoms with E-state index in [2.05, 4.69) is 174 Å². The molecule has 0 radical (unpaired) electrons. The third-order valence-corrected chi connectivity index (χ3v) is 18.7. The second-order valence-electron chi connectivity index (χ2n) is 26.9. The number of phosphoric ester groups is 2. The summed E-state index contributed by atoms with van der Waals surface area (Å²) in [6, 6.07) is 0. The van der Waals surface area contributed by atoms with E-state index in [1.54, 1.807) is 0 Å². The Morgan fingerprint density at radius 3 is 0.755 bits per heavy atom. The van der Waals surface area contributed by atoms with Crippen molar-refractivity contribution in [3.05, 3.63) is 146 Å². The lowest BCUT2D eigenvalue weighted by Crippen LogP contribution is -2.30. The van der Waals surface area contributed by atoms with Crippen LogP contribution < -0.4 is 0 Å². The highest BCUT2D eigenvalue weighted by Crippen LogP contribution is 2.45. The highest BCUT2D eigenvalue weighted by atomic mass is 31.2. The van der Waals surface area contributed by atoms with Crippen LogP contribution in [0.2, 0.25) is 0 Å². The van der Waals surface area contributed by atoms with Crippen LogP contribution in [-0.2, 0) is 65.4 Å². The SMILES string of the molecule is CC/C=C\C/C=C\C/C=C\C/C=C\CCCCCCCCC(=O)OCC(COP(=O)(O)OCC(O)COP(=O)(O)OCC(COC(=O)CCCCCC/C=C\C/C=C\C/C=C\C/C=C\CC)OC(=O)CCCCCCCCCCCCCCC)OC(=O)CCCCCC/C=C\C/C=C\C/C=C\C/C=C\CC. The lowest BCUT2D eigenvalue weighted by Gasteiger charge is -2.21. The van der Waals surface area contributed by atoms with Gasteiger partial charge in [-0.3, -0.25) is 37.3 Å². The molecule has 0 amide bonds. The Bertz CT molecular complexity index is 2580. The molecule has 0 aromatic heterocycles. The van der Waals surface area contributed by atoms with Crippen molar-refractivity contribution in [2.75, 3.05) is 39.6 Å². The lowest BCUT2D eigenvalue weighted by atomic mass is 10.0. The molecule has 3 N–H and O–H groups in total. The lowest BCUT2D eigenvalue weighted by molar-refractivity contribution is -0.161. The molecule has 0 spiro atoms. The molecule has 606 valence electrons. The van der Waals surface area contributed by atoms with Crippen LogP contribution in [0.25, 0.3) is 0 Å². The number of hydrogen-bond acceptors (Lipinski definition) is 15. The molecule has 19 heteroatoms. The minimum atomic E-state index is -5.00. The Balaban J connectivity index is 5.41. The van der Waals surface area contributed by atoms with Crippen LogP contribution in [0.15, 0.2) is 146 Å². The maximum atomic E-state index is 13.1. The molecule has 106 heavy (non-hydrogen) atoms. The monoisotopic (exact) mass is 1530 g/mol. The maximum Gasteiger partial charge on any atom is 0.472 e. The molecule has 0 saturated heterocycles. The Morgan fingerprint density at radius 1 is 0.274 bits per heavy atom. The fraction of sp³-hybridized carbons (Fsp3) is 0.678. The van der Waals surface area contributed by atoms with E-state index in [1.807, 2.05) is 0 Å². The molecule has 0 aliphatic heterocycles. The summed E-state index contributed by atoms with van der Waals surface area (Å²) in [4.78, 5) is 73.1. The van der Waals surface area contributed by atoms with Crippen LogP contribution in [0.3, 0.4) is 0 Å². The van der Waals surface area contributed by atoms with Crippen LogP contribution >= 0.6 is 15.6 Å². The Hall–Kier alpha value is -5.06. The highest BCUT2D eigenvalue weighted by molar-refractivity contribution is 7.47. The standard InChI is InChI=1S/C87H146O17P2/c1-5-9-13-17-21-25-29-33-36-39-40-43-45-49-52-56-60-64-68-72-85(90)98-78-83(104-87(92)74-70-66-62-58-54-50-46-42-38-35-31-27-23-19-15-11-7-3)80-102-106(95,96)100-76-81(88)75-99-105(93,94)101-79-82(103-86(91)73-69-65-61-57-53-47-32-28-24-20-16-12-8-4)77-97-84(89)71-67-63-59-55-51-48-44-41-37-34-30-26-22-18-14-10-6-2/h9-11,13-15,21-23,25-27,33-38,40,43-44,46,48,50,81-83,88H,5-8,12,16-20,24,28-32,39,41-42,45,47,49,51-80H2,1-4H3,(H,93,94)(H,95,96)/b13-9-,14-10-,15-11-,25-21-,26-22-,27-23-,36-33-,37-34-,38-35-,43-40-,48-44-,50-46-. The Labute approximate surface area is 643 Å². The second-order valence-corrected chi connectivity index (χ2v) is 29.8. The van der Waals surface area contributed by atoms with E-state index in [4.69, 9.17) is 37.0 Å². The minimum Gasteiger partial charge on any atom is -0.462 e. The molecule has 0 aromatic rings. The van der Waals surface area contributed by atoms with Gasteiger partial charge in [-0.05, 0) is 141 Å². The van der Waals surface area contributed by atoms with E-state index in [1.165, 1.54) is 51.4 Å². The smallest absolute Gasteiger partial charge is 0.462 e. The van der Waals surface area contributed by atoms with E-state index >= 15 is 0 Å². The molecule has 0 heterocycles. The van der Waals surface area contributed by atoms with Crippen LogP contribution in [0.1, 0.15) is 323 Å². The van der Waals surface area contributed by atoms with Crippen molar-refractivity contribution in [2.24, 2.45) is 0 Å². The van der Waals surface area contributed by atoms with E-state index in [9.17, 15) is 43.2 Å². The van der Waals surface area contributed by atoms with Gasteiger partial charge in [0.15, 0.2) is 12.2 Å². The molecule has 0 saturated carbocycles. The molecule has 0 rings (SSSR count). The van der Waals surface area contributed by atoms with E-state index in [-0.39, 0.29) is 25.7 Å². The van der Waals surface area contributed by atoms with Crippen LogP contribution in [0.5, 0.6) is 0 Å². The van der Waals surface area contributed by atoms with Gasteiger partial charge in [-0.25, -0.2) is 9.13 Å². The number of aliphatic hydroxyl groups is 1. The molecule has 0 bridgehead atoms. The fourth-order valence-electron chi connectivity index (χ4n) is 10.7. The molecular weight excluding hydrogens is 1380 g/mol. The zero-order valence-electron chi connectivity index (χ0n) is 66.3. The summed E-state index contributed by atoms with van der Waals surface area (Å²) in [5.41, 5.74) is 0. The van der Waals surface area contributed by atoms with Gasteiger partial charge >= 0.3 is 39.5 Å². The first-order valence-electron chi connectivity index (χ1n) is 41.1. The molecule has 0 aromatic carbocycles. The van der Waals surface area contributed by atoms with Crippen LogP contribution in [0.4, 0.5) is 0 Å². The number of ether oxygens (including phenoxy) is 4. The molecule has 5 unspecified atom stereocenters. The predicted octanol–water partition coefficient (Wildman–Crippen LogP) is 24.2. The molecule has 17 nitrogen and oxygen atoms in total. The molecule has 0 aliphatic carbocycles. The largest absolute Gasteiger partial charge is 0.472 e. The number of aliphatic hydroxyl groups excluding tert-OH is 1. The van der Waals surface area contributed by atoms with Gasteiger partial charge in [-0.15, -0.1) is 0 Å². The van der Waals surface area contributed by atoms with Crippen molar-refractivity contribution in [2.45, 2.75) is 341 Å². The number of carbonyl (C=O) groups is 4. The number of unbranched alkanes of at least 4 members (excludes halogenated alkanes) is 26. The minimum absolute atomic E-state index is 0.0594. The number of allylic oxidation sites excluding steroid dienone is 24. The van der Waals surface area contributed by atoms with E-state index < -0.39 is 97.5 Å². The average Bonchev–Trinajstić information content (AvgIpc) is 0.907. The van der Waals surface area contributed by atoms with Crippen molar-refractivity contribution in [1.29, 1.82) is 0 Å². The number of phosphoric acid groups is 2. The summed E-state index contributed by atoms with van der Waals surface area (Å²) in [6.45, 7) is 4.49. The first-order valence-corrected chi connectivity index (χ1v) is 44.1. The van der Waals surface area contributed by atoms with Gasteiger partial charge in [-0.2, -0.15) is 0 Å². The van der Waals surface area contributed by atoms with Crippen molar-refractivity contribution in [3.8, 4) is 0 Å². The number of rotatable bonds is 76. The Kier molecular flexibility index (Phi) is 74.3. The quantitative estimate of drug-likeness (QED) is 0.0169.